The lowest BCUT2D eigenvalue weighted by atomic mass is 10.2. The number of nitrogens with zero attached hydrogens (tertiary/aromatic N) is 2. The Morgan fingerprint density at radius 2 is 1.56 bits per heavy atom. The molecule has 1 heterocycles. The highest BCUT2D eigenvalue weighted by atomic mass is 32.2. The summed E-state index contributed by atoms with van der Waals surface area (Å²) >= 11 is 1.53. The zero-order valence-corrected chi connectivity index (χ0v) is 10.7. The maximum Gasteiger partial charge on any atom is 0.191 e. The van der Waals surface area contributed by atoms with E-state index in [1.807, 2.05) is 24.3 Å². The van der Waals surface area contributed by atoms with Gasteiger partial charge in [0, 0.05) is 17.5 Å². The molecule has 1 aromatic heterocycles. The van der Waals surface area contributed by atoms with E-state index in [0.29, 0.717) is 16.8 Å². The van der Waals surface area contributed by atoms with Crippen molar-refractivity contribution in [3.63, 3.8) is 0 Å². The molecular formula is C12H15N5S. The fraction of sp³-hybridized carbons (Fsp3) is 0.167. The summed E-state index contributed by atoms with van der Waals surface area (Å²) in [4.78, 5) is 8.22. The van der Waals surface area contributed by atoms with Crippen LogP contribution in [0.1, 0.15) is 5.56 Å². The van der Waals surface area contributed by atoms with E-state index in [1.165, 1.54) is 17.3 Å². The third-order valence-corrected chi connectivity index (χ3v) is 3.20. The van der Waals surface area contributed by atoms with E-state index in [1.54, 1.807) is 6.07 Å². The van der Waals surface area contributed by atoms with E-state index in [0.717, 1.165) is 17.9 Å². The molecule has 6 N–H and O–H groups in total. The van der Waals surface area contributed by atoms with Crippen molar-refractivity contribution in [3.05, 3.63) is 35.9 Å². The van der Waals surface area contributed by atoms with Crippen molar-refractivity contribution >= 4 is 29.1 Å². The molecule has 0 atom stereocenters. The average molecular weight is 261 g/mol. The van der Waals surface area contributed by atoms with Crippen molar-refractivity contribution in [1.29, 1.82) is 0 Å². The van der Waals surface area contributed by atoms with Crippen molar-refractivity contribution in [3.8, 4) is 0 Å². The first-order valence-electron chi connectivity index (χ1n) is 5.51. The van der Waals surface area contributed by atoms with Gasteiger partial charge in [0.15, 0.2) is 5.16 Å². The van der Waals surface area contributed by atoms with Gasteiger partial charge in [0.25, 0.3) is 0 Å². The Bertz CT molecular complexity index is 506. The zero-order chi connectivity index (χ0) is 13.0. The van der Waals surface area contributed by atoms with Gasteiger partial charge < -0.3 is 17.2 Å². The fourth-order valence-corrected chi connectivity index (χ4v) is 2.33. The number of hydrogen-bond acceptors (Lipinski definition) is 6. The van der Waals surface area contributed by atoms with Crippen LogP contribution in [0.4, 0.5) is 17.3 Å². The predicted octanol–water partition coefficient (Wildman–Crippen LogP) is 1.56. The number of nitrogens with two attached hydrogens (primary N) is 3. The van der Waals surface area contributed by atoms with Crippen LogP contribution < -0.4 is 17.2 Å². The molecule has 0 saturated carbocycles. The number of aromatic nitrogens is 2. The maximum atomic E-state index is 5.63. The second-order valence-corrected chi connectivity index (χ2v) is 4.90. The van der Waals surface area contributed by atoms with Gasteiger partial charge in [-0.25, -0.2) is 9.97 Å². The molecule has 0 fully saturated rings. The fourth-order valence-electron chi connectivity index (χ4n) is 1.47. The van der Waals surface area contributed by atoms with E-state index in [-0.39, 0.29) is 0 Å². The monoisotopic (exact) mass is 261 g/mol. The Morgan fingerprint density at radius 1 is 0.944 bits per heavy atom. The summed E-state index contributed by atoms with van der Waals surface area (Å²) in [6, 6.07) is 9.38. The van der Waals surface area contributed by atoms with Crippen molar-refractivity contribution in [2.24, 2.45) is 0 Å². The quantitative estimate of drug-likeness (QED) is 0.438. The minimum Gasteiger partial charge on any atom is -0.399 e. The number of rotatable bonds is 4. The van der Waals surface area contributed by atoms with Crippen LogP contribution in [-0.2, 0) is 6.42 Å². The molecule has 0 aliphatic heterocycles. The Balaban J connectivity index is 1.90. The Labute approximate surface area is 110 Å². The smallest absolute Gasteiger partial charge is 0.191 e. The lowest BCUT2D eigenvalue weighted by Crippen LogP contribution is -2.00. The van der Waals surface area contributed by atoms with Gasteiger partial charge in [-0.15, -0.1) is 0 Å². The normalized spacial score (nSPS) is 10.4. The number of anilines is 3. The summed E-state index contributed by atoms with van der Waals surface area (Å²) in [5, 5.41) is 0.614. The summed E-state index contributed by atoms with van der Waals surface area (Å²) in [5.41, 5.74) is 18.8. The lowest BCUT2D eigenvalue weighted by Gasteiger charge is -2.03. The van der Waals surface area contributed by atoms with Gasteiger partial charge in [-0.3, -0.25) is 0 Å². The highest BCUT2D eigenvalue weighted by molar-refractivity contribution is 7.99. The second kappa shape index (κ2) is 5.59. The van der Waals surface area contributed by atoms with Gasteiger partial charge in [0.2, 0.25) is 0 Å². The summed E-state index contributed by atoms with van der Waals surface area (Å²) in [6.07, 6.45) is 0.920. The number of hydrogen-bond donors (Lipinski definition) is 3. The Kier molecular flexibility index (Phi) is 3.88. The Hall–Kier alpha value is -1.95. The molecule has 6 heteroatoms. The van der Waals surface area contributed by atoms with E-state index >= 15 is 0 Å². The van der Waals surface area contributed by atoms with Crippen molar-refractivity contribution in [2.75, 3.05) is 23.0 Å². The molecule has 0 unspecified atom stereocenters. The van der Waals surface area contributed by atoms with Gasteiger partial charge in [0.05, 0.1) is 0 Å². The molecule has 0 aliphatic carbocycles. The van der Waals surface area contributed by atoms with Gasteiger partial charge in [-0.1, -0.05) is 23.9 Å². The molecule has 0 aliphatic rings. The van der Waals surface area contributed by atoms with E-state index in [2.05, 4.69) is 9.97 Å². The van der Waals surface area contributed by atoms with E-state index in [9.17, 15) is 0 Å². The molecule has 5 nitrogen and oxygen atoms in total. The van der Waals surface area contributed by atoms with Crippen LogP contribution in [0.25, 0.3) is 0 Å². The molecular weight excluding hydrogens is 246 g/mol. The summed E-state index contributed by atoms with van der Waals surface area (Å²) in [6.45, 7) is 0. The molecule has 2 aromatic rings. The molecule has 2 rings (SSSR count). The van der Waals surface area contributed by atoms with Gasteiger partial charge in [-0.05, 0) is 24.1 Å². The number of aryl methyl sites for hydroxylation is 1. The molecule has 0 radical (unpaired) electrons. The predicted molar refractivity (Wildman–Crippen MR) is 76.1 cm³/mol. The third-order valence-electron chi connectivity index (χ3n) is 2.35. The molecule has 0 bridgehead atoms. The lowest BCUT2D eigenvalue weighted by molar-refractivity contribution is 0.981. The minimum absolute atomic E-state index is 0.400. The van der Waals surface area contributed by atoms with Gasteiger partial charge in [-0.2, -0.15) is 0 Å². The SMILES string of the molecule is Nc1ccc(CCSc2nc(N)cc(N)n2)cc1. The maximum absolute atomic E-state index is 5.63. The van der Waals surface area contributed by atoms with Crippen LogP contribution in [0.5, 0.6) is 0 Å². The molecule has 0 amide bonds. The van der Waals surface area contributed by atoms with Crippen LogP contribution in [0.2, 0.25) is 0 Å². The van der Waals surface area contributed by atoms with Gasteiger partial charge >= 0.3 is 0 Å². The first kappa shape index (κ1) is 12.5. The number of benzene rings is 1. The largest absolute Gasteiger partial charge is 0.399 e. The zero-order valence-electron chi connectivity index (χ0n) is 9.84. The van der Waals surface area contributed by atoms with Crippen LogP contribution in [0.3, 0.4) is 0 Å². The highest BCUT2D eigenvalue weighted by Gasteiger charge is 2.01. The second-order valence-electron chi connectivity index (χ2n) is 3.84. The minimum atomic E-state index is 0.400. The van der Waals surface area contributed by atoms with Crippen LogP contribution in [-0.4, -0.2) is 15.7 Å². The summed E-state index contributed by atoms with van der Waals surface area (Å²) < 4.78 is 0. The van der Waals surface area contributed by atoms with Crippen LogP contribution in [0, 0.1) is 0 Å². The van der Waals surface area contributed by atoms with Gasteiger partial charge in [0.1, 0.15) is 11.6 Å². The van der Waals surface area contributed by atoms with E-state index in [4.69, 9.17) is 17.2 Å². The van der Waals surface area contributed by atoms with Crippen molar-refractivity contribution < 1.29 is 0 Å². The highest BCUT2D eigenvalue weighted by Crippen LogP contribution is 2.18. The van der Waals surface area contributed by atoms with E-state index < -0.39 is 0 Å². The molecule has 18 heavy (non-hydrogen) atoms. The first-order valence-corrected chi connectivity index (χ1v) is 6.49. The summed E-state index contributed by atoms with van der Waals surface area (Å²) in [5.74, 6) is 1.67. The molecule has 0 saturated heterocycles. The number of nitrogen functional groups attached to an aromatic ring is 3. The Morgan fingerprint density at radius 3 is 2.17 bits per heavy atom. The van der Waals surface area contributed by atoms with Crippen molar-refractivity contribution in [2.45, 2.75) is 11.6 Å². The third kappa shape index (κ3) is 3.53. The molecule has 1 aromatic carbocycles. The topological polar surface area (TPSA) is 104 Å². The average Bonchev–Trinajstić information content (AvgIpc) is 2.30. The van der Waals surface area contributed by atoms with Crippen LogP contribution in [0.15, 0.2) is 35.5 Å². The standard InChI is InChI=1S/C12H15N5S/c13-9-3-1-8(2-4-9)5-6-18-12-16-10(14)7-11(15)17-12/h1-4,7H,5-6,13H2,(H4,14,15,16,17). The van der Waals surface area contributed by atoms with Crippen LogP contribution >= 0.6 is 11.8 Å². The first-order chi connectivity index (χ1) is 8.63. The van der Waals surface area contributed by atoms with Crippen molar-refractivity contribution in [1.82, 2.24) is 9.97 Å². The summed E-state index contributed by atoms with van der Waals surface area (Å²) in [7, 11) is 0. The molecule has 0 spiro atoms. The number of thioether (sulfide) groups is 1. The molecule has 94 valence electrons.